The van der Waals surface area contributed by atoms with E-state index in [1.54, 1.807) is 6.26 Å². The second-order valence-electron chi connectivity index (χ2n) is 5.73. The Morgan fingerprint density at radius 3 is 2.68 bits per heavy atom. The number of carbonyl (C=O) groups excluding carboxylic acids is 1. The standard InChI is InChI=1S/C15H26N2O2/c1-12(2)13(14-7-5-10-19-14)11-15(18)16-8-6-9-17(3)4/h5,7,10,12-13H,6,8-9,11H2,1-4H3,(H,16,18)/p+1/t13-/m1/s1. The third kappa shape index (κ3) is 5.92. The van der Waals surface area contributed by atoms with Gasteiger partial charge in [-0.15, -0.1) is 0 Å². The van der Waals surface area contributed by atoms with Gasteiger partial charge in [0.1, 0.15) is 5.76 Å². The molecule has 0 spiro atoms. The number of carbonyl (C=O) groups is 1. The molecule has 4 nitrogen and oxygen atoms in total. The van der Waals surface area contributed by atoms with Crippen LogP contribution in [0, 0.1) is 5.92 Å². The van der Waals surface area contributed by atoms with Crippen LogP contribution >= 0.6 is 0 Å². The number of amides is 1. The first-order valence-electron chi connectivity index (χ1n) is 7.09. The first-order chi connectivity index (χ1) is 9.00. The molecular weight excluding hydrogens is 240 g/mol. The van der Waals surface area contributed by atoms with E-state index in [1.165, 1.54) is 4.90 Å². The molecule has 1 aromatic rings. The third-order valence-corrected chi connectivity index (χ3v) is 3.29. The number of furan rings is 1. The van der Waals surface area contributed by atoms with Gasteiger partial charge in [-0.2, -0.15) is 0 Å². The van der Waals surface area contributed by atoms with Gasteiger partial charge >= 0.3 is 0 Å². The molecule has 0 bridgehead atoms. The van der Waals surface area contributed by atoms with E-state index in [2.05, 4.69) is 33.3 Å². The predicted octanol–water partition coefficient (Wildman–Crippen LogP) is 1.06. The maximum Gasteiger partial charge on any atom is 0.220 e. The second-order valence-corrected chi connectivity index (χ2v) is 5.73. The average Bonchev–Trinajstić information content (AvgIpc) is 2.84. The lowest BCUT2D eigenvalue weighted by atomic mass is 9.90. The normalized spacial score (nSPS) is 12.9. The van der Waals surface area contributed by atoms with Crippen molar-refractivity contribution in [1.29, 1.82) is 0 Å². The summed E-state index contributed by atoms with van der Waals surface area (Å²) < 4.78 is 5.43. The Balaban J connectivity index is 2.36. The molecule has 0 aliphatic carbocycles. The number of hydrogen-bond donors (Lipinski definition) is 2. The first-order valence-corrected chi connectivity index (χ1v) is 7.09. The van der Waals surface area contributed by atoms with Crippen molar-refractivity contribution in [3.63, 3.8) is 0 Å². The maximum atomic E-state index is 11.9. The molecule has 0 unspecified atom stereocenters. The van der Waals surface area contributed by atoms with Gasteiger partial charge in [-0.3, -0.25) is 4.79 Å². The van der Waals surface area contributed by atoms with E-state index in [9.17, 15) is 4.79 Å². The summed E-state index contributed by atoms with van der Waals surface area (Å²) >= 11 is 0. The van der Waals surface area contributed by atoms with Gasteiger partial charge < -0.3 is 14.6 Å². The number of rotatable bonds is 8. The highest BCUT2D eigenvalue weighted by Gasteiger charge is 2.21. The SMILES string of the molecule is CC(C)[C@@H](CC(=O)NCCC[NH+](C)C)c1ccco1. The van der Waals surface area contributed by atoms with E-state index < -0.39 is 0 Å². The molecule has 1 heterocycles. The van der Waals surface area contributed by atoms with Gasteiger partial charge in [0.25, 0.3) is 0 Å². The van der Waals surface area contributed by atoms with Crippen LogP contribution in [0.5, 0.6) is 0 Å². The molecule has 0 radical (unpaired) electrons. The Bertz CT molecular complexity index is 358. The van der Waals surface area contributed by atoms with Crippen molar-refractivity contribution in [3.05, 3.63) is 24.2 Å². The van der Waals surface area contributed by atoms with E-state index >= 15 is 0 Å². The molecule has 0 aliphatic heterocycles. The summed E-state index contributed by atoms with van der Waals surface area (Å²) in [6, 6.07) is 3.83. The average molecular weight is 267 g/mol. The minimum Gasteiger partial charge on any atom is -0.469 e. The predicted molar refractivity (Wildman–Crippen MR) is 76.2 cm³/mol. The Morgan fingerprint density at radius 1 is 1.42 bits per heavy atom. The van der Waals surface area contributed by atoms with Gasteiger partial charge in [0, 0.05) is 25.3 Å². The van der Waals surface area contributed by atoms with Crippen LogP contribution in [0.4, 0.5) is 0 Å². The molecule has 108 valence electrons. The highest BCUT2D eigenvalue weighted by atomic mass is 16.3. The van der Waals surface area contributed by atoms with Gasteiger partial charge in [-0.25, -0.2) is 0 Å². The zero-order valence-electron chi connectivity index (χ0n) is 12.5. The second kappa shape index (κ2) is 8.00. The molecule has 19 heavy (non-hydrogen) atoms. The summed E-state index contributed by atoms with van der Waals surface area (Å²) in [5, 5.41) is 2.99. The molecule has 1 amide bonds. The maximum absolute atomic E-state index is 11.9. The van der Waals surface area contributed by atoms with Gasteiger partial charge in [0.15, 0.2) is 0 Å². The van der Waals surface area contributed by atoms with E-state index in [1.807, 2.05) is 12.1 Å². The molecule has 0 aromatic carbocycles. The smallest absolute Gasteiger partial charge is 0.220 e. The van der Waals surface area contributed by atoms with Crippen LogP contribution in [0.15, 0.2) is 22.8 Å². The molecule has 4 heteroatoms. The van der Waals surface area contributed by atoms with Crippen molar-refractivity contribution in [2.45, 2.75) is 32.6 Å². The van der Waals surface area contributed by atoms with E-state index in [-0.39, 0.29) is 11.8 Å². The highest BCUT2D eigenvalue weighted by molar-refractivity contribution is 5.76. The Morgan fingerprint density at radius 2 is 2.16 bits per heavy atom. The summed E-state index contributed by atoms with van der Waals surface area (Å²) in [4.78, 5) is 13.3. The molecule has 0 aliphatic rings. The molecule has 0 saturated carbocycles. The molecular formula is C15H27N2O2+. The van der Waals surface area contributed by atoms with Crippen LogP contribution in [0.25, 0.3) is 0 Å². The quantitative estimate of drug-likeness (QED) is 0.692. The molecule has 2 N–H and O–H groups in total. The molecule has 1 aromatic heterocycles. The summed E-state index contributed by atoms with van der Waals surface area (Å²) in [6.07, 6.45) is 3.18. The van der Waals surface area contributed by atoms with Crippen LogP contribution in [0.2, 0.25) is 0 Å². The van der Waals surface area contributed by atoms with E-state index in [4.69, 9.17) is 4.42 Å². The fraction of sp³-hybridized carbons (Fsp3) is 0.667. The van der Waals surface area contributed by atoms with Crippen molar-refractivity contribution in [2.24, 2.45) is 5.92 Å². The zero-order chi connectivity index (χ0) is 14.3. The summed E-state index contributed by atoms with van der Waals surface area (Å²) in [5.74, 6) is 1.57. The lowest BCUT2D eigenvalue weighted by Crippen LogP contribution is -3.05. The van der Waals surface area contributed by atoms with Crippen LogP contribution in [0.1, 0.15) is 38.4 Å². The lowest BCUT2D eigenvalue weighted by Gasteiger charge is -2.18. The van der Waals surface area contributed by atoms with Gasteiger partial charge in [0.05, 0.1) is 26.9 Å². The van der Waals surface area contributed by atoms with Crippen LogP contribution in [-0.4, -0.2) is 33.1 Å². The Kier molecular flexibility index (Phi) is 6.64. The molecule has 0 fully saturated rings. The van der Waals surface area contributed by atoms with Crippen LogP contribution in [0.3, 0.4) is 0 Å². The van der Waals surface area contributed by atoms with Crippen molar-refractivity contribution < 1.29 is 14.1 Å². The van der Waals surface area contributed by atoms with Crippen molar-refractivity contribution in [2.75, 3.05) is 27.2 Å². The lowest BCUT2D eigenvalue weighted by molar-refractivity contribution is -0.858. The summed E-state index contributed by atoms with van der Waals surface area (Å²) in [6.45, 7) is 6.07. The highest BCUT2D eigenvalue weighted by Crippen LogP contribution is 2.27. The van der Waals surface area contributed by atoms with Gasteiger partial charge in [0.2, 0.25) is 5.91 Å². The zero-order valence-corrected chi connectivity index (χ0v) is 12.5. The van der Waals surface area contributed by atoms with E-state index in [0.29, 0.717) is 12.3 Å². The van der Waals surface area contributed by atoms with Gasteiger partial charge in [-0.05, 0) is 18.1 Å². The summed E-state index contributed by atoms with van der Waals surface area (Å²) in [5.41, 5.74) is 0. The Labute approximate surface area is 116 Å². The van der Waals surface area contributed by atoms with Crippen molar-refractivity contribution in [1.82, 2.24) is 5.32 Å². The van der Waals surface area contributed by atoms with Gasteiger partial charge in [-0.1, -0.05) is 13.8 Å². The first kappa shape index (κ1) is 15.8. The number of nitrogens with one attached hydrogen (secondary N) is 2. The van der Waals surface area contributed by atoms with Crippen molar-refractivity contribution >= 4 is 5.91 Å². The summed E-state index contributed by atoms with van der Waals surface area (Å²) in [7, 11) is 4.24. The van der Waals surface area contributed by atoms with Crippen LogP contribution in [-0.2, 0) is 4.79 Å². The minimum atomic E-state index is 0.115. The monoisotopic (exact) mass is 267 g/mol. The van der Waals surface area contributed by atoms with Crippen LogP contribution < -0.4 is 10.2 Å². The minimum absolute atomic E-state index is 0.115. The Hall–Kier alpha value is -1.29. The largest absolute Gasteiger partial charge is 0.469 e. The van der Waals surface area contributed by atoms with E-state index in [0.717, 1.165) is 25.3 Å². The van der Waals surface area contributed by atoms with Crippen molar-refractivity contribution in [3.8, 4) is 0 Å². The molecule has 1 atom stereocenters. The topological polar surface area (TPSA) is 46.7 Å². The third-order valence-electron chi connectivity index (χ3n) is 3.29. The fourth-order valence-electron chi connectivity index (χ4n) is 2.11. The molecule has 1 rings (SSSR count). The molecule has 0 saturated heterocycles. The fourth-order valence-corrected chi connectivity index (χ4v) is 2.11. The number of quaternary nitrogens is 1. The number of hydrogen-bond acceptors (Lipinski definition) is 2.